The summed E-state index contributed by atoms with van der Waals surface area (Å²) in [5, 5.41) is 6.41. The first-order chi connectivity index (χ1) is 9.72. The Bertz CT molecular complexity index is 577. The van der Waals surface area contributed by atoms with E-state index >= 15 is 0 Å². The fourth-order valence-electron chi connectivity index (χ4n) is 1.61. The summed E-state index contributed by atoms with van der Waals surface area (Å²) in [7, 11) is 1.65. The molecule has 5 nitrogen and oxygen atoms in total. The molecule has 6 heteroatoms. The molecule has 0 aliphatic heterocycles. The smallest absolute Gasteiger partial charge is 0.224 e. The monoisotopic (exact) mass is 336 g/mol. The summed E-state index contributed by atoms with van der Waals surface area (Å²) in [4.78, 5) is 8.66. The first kappa shape index (κ1) is 14.6. The second-order valence-electron chi connectivity index (χ2n) is 4.17. The van der Waals surface area contributed by atoms with Crippen LogP contribution in [-0.2, 0) is 0 Å². The molecule has 0 bridgehead atoms. The van der Waals surface area contributed by atoms with Crippen LogP contribution in [0.3, 0.4) is 0 Å². The molecule has 0 spiro atoms. The van der Waals surface area contributed by atoms with Crippen molar-refractivity contribution in [1.82, 2.24) is 9.97 Å². The van der Waals surface area contributed by atoms with Gasteiger partial charge >= 0.3 is 0 Å². The van der Waals surface area contributed by atoms with Crippen molar-refractivity contribution in [2.45, 2.75) is 13.3 Å². The Morgan fingerprint density at radius 3 is 2.95 bits per heavy atom. The van der Waals surface area contributed by atoms with Gasteiger partial charge in [-0.25, -0.2) is 4.98 Å². The maximum absolute atomic E-state index is 5.20. The number of aromatic nitrogens is 2. The quantitative estimate of drug-likeness (QED) is 0.839. The summed E-state index contributed by atoms with van der Waals surface area (Å²) >= 11 is 3.45. The minimum absolute atomic E-state index is 0.612. The van der Waals surface area contributed by atoms with Crippen LogP contribution >= 0.6 is 15.9 Å². The normalized spacial score (nSPS) is 10.2. The fourth-order valence-corrected chi connectivity index (χ4v) is 1.90. The molecule has 1 heterocycles. The molecule has 0 fully saturated rings. The third-order valence-corrected chi connectivity index (χ3v) is 3.19. The van der Waals surface area contributed by atoms with Crippen LogP contribution in [-0.4, -0.2) is 23.6 Å². The molecule has 0 saturated carbocycles. The standard InChI is InChI=1S/C14H17BrN4O/c1-3-7-16-14-17-9-12(15)13(19-14)18-10-5-4-6-11(8-10)20-2/h4-6,8-9H,3,7H2,1-2H3,(H2,16,17,18,19). The van der Waals surface area contributed by atoms with Gasteiger partial charge in [0.25, 0.3) is 0 Å². The molecule has 0 radical (unpaired) electrons. The molecule has 0 saturated heterocycles. The van der Waals surface area contributed by atoms with Gasteiger partial charge in [0.05, 0.1) is 11.6 Å². The zero-order chi connectivity index (χ0) is 14.4. The SMILES string of the molecule is CCCNc1ncc(Br)c(Nc2cccc(OC)c2)n1. The van der Waals surface area contributed by atoms with Crippen LogP contribution in [0.15, 0.2) is 34.9 Å². The van der Waals surface area contributed by atoms with E-state index in [9.17, 15) is 0 Å². The van der Waals surface area contributed by atoms with Gasteiger partial charge in [-0.3, -0.25) is 0 Å². The third kappa shape index (κ3) is 3.84. The molecule has 2 N–H and O–H groups in total. The summed E-state index contributed by atoms with van der Waals surface area (Å²) in [6.07, 6.45) is 2.76. The Morgan fingerprint density at radius 2 is 2.20 bits per heavy atom. The number of benzene rings is 1. The van der Waals surface area contributed by atoms with Crippen molar-refractivity contribution >= 4 is 33.4 Å². The lowest BCUT2D eigenvalue weighted by atomic mass is 10.3. The molecular weight excluding hydrogens is 320 g/mol. The lowest BCUT2D eigenvalue weighted by molar-refractivity contribution is 0.415. The second kappa shape index (κ2) is 7.09. The highest BCUT2D eigenvalue weighted by Crippen LogP contribution is 2.26. The van der Waals surface area contributed by atoms with Gasteiger partial charge in [0, 0.05) is 24.5 Å². The Morgan fingerprint density at radius 1 is 1.35 bits per heavy atom. The van der Waals surface area contributed by atoms with E-state index in [4.69, 9.17) is 4.74 Å². The molecule has 1 aromatic carbocycles. The van der Waals surface area contributed by atoms with Crippen molar-refractivity contribution in [3.63, 3.8) is 0 Å². The molecule has 0 unspecified atom stereocenters. The van der Waals surface area contributed by atoms with Crippen molar-refractivity contribution in [2.75, 3.05) is 24.3 Å². The fraction of sp³-hybridized carbons (Fsp3) is 0.286. The molecule has 2 aromatic rings. The highest BCUT2D eigenvalue weighted by Gasteiger charge is 2.06. The van der Waals surface area contributed by atoms with Gasteiger partial charge in [0.2, 0.25) is 5.95 Å². The third-order valence-electron chi connectivity index (χ3n) is 2.61. The lowest BCUT2D eigenvalue weighted by Crippen LogP contribution is -2.06. The molecule has 0 atom stereocenters. The van der Waals surface area contributed by atoms with Crippen LogP contribution in [0.2, 0.25) is 0 Å². The van der Waals surface area contributed by atoms with Crippen LogP contribution in [0.25, 0.3) is 0 Å². The first-order valence-electron chi connectivity index (χ1n) is 6.40. The number of anilines is 3. The number of nitrogens with zero attached hydrogens (tertiary/aromatic N) is 2. The average molecular weight is 337 g/mol. The van der Waals surface area contributed by atoms with Gasteiger partial charge in [0.1, 0.15) is 11.6 Å². The summed E-state index contributed by atoms with van der Waals surface area (Å²) in [5.74, 6) is 2.12. The minimum Gasteiger partial charge on any atom is -0.497 e. The Kier molecular flexibility index (Phi) is 5.17. The van der Waals surface area contributed by atoms with Gasteiger partial charge in [-0.15, -0.1) is 0 Å². The predicted octanol–water partition coefficient (Wildman–Crippen LogP) is 3.81. The summed E-state index contributed by atoms with van der Waals surface area (Å²) in [6.45, 7) is 2.95. The first-order valence-corrected chi connectivity index (χ1v) is 7.19. The van der Waals surface area contributed by atoms with Crippen molar-refractivity contribution in [2.24, 2.45) is 0 Å². The predicted molar refractivity (Wildman–Crippen MR) is 84.8 cm³/mol. The van der Waals surface area contributed by atoms with Crippen LogP contribution in [0, 0.1) is 0 Å². The number of methoxy groups -OCH3 is 1. The maximum Gasteiger partial charge on any atom is 0.224 e. The highest BCUT2D eigenvalue weighted by molar-refractivity contribution is 9.10. The number of halogens is 1. The topological polar surface area (TPSA) is 59.1 Å². The molecular formula is C14H17BrN4O. The van der Waals surface area contributed by atoms with Crippen molar-refractivity contribution in [3.05, 3.63) is 34.9 Å². The van der Waals surface area contributed by atoms with Crippen LogP contribution in [0.5, 0.6) is 5.75 Å². The molecule has 0 aliphatic rings. The second-order valence-corrected chi connectivity index (χ2v) is 5.03. The number of hydrogen-bond acceptors (Lipinski definition) is 5. The van der Waals surface area contributed by atoms with E-state index in [1.54, 1.807) is 13.3 Å². The van der Waals surface area contributed by atoms with E-state index in [1.165, 1.54) is 0 Å². The van der Waals surface area contributed by atoms with Gasteiger partial charge in [0.15, 0.2) is 0 Å². The van der Waals surface area contributed by atoms with Crippen molar-refractivity contribution in [1.29, 1.82) is 0 Å². The van der Waals surface area contributed by atoms with Crippen molar-refractivity contribution < 1.29 is 4.74 Å². The summed E-state index contributed by atoms with van der Waals surface area (Å²) in [5.41, 5.74) is 0.908. The highest BCUT2D eigenvalue weighted by atomic mass is 79.9. The summed E-state index contributed by atoms with van der Waals surface area (Å²) in [6, 6.07) is 7.69. The van der Waals surface area contributed by atoms with Gasteiger partial charge in [-0.1, -0.05) is 13.0 Å². The number of hydrogen-bond donors (Lipinski definition) is 2. The molecule has 0 aliphatic carbocycles. The Balaban J connectivity index is 2.18. The van der Waals surface area contributed by atoms with E-state index in [0.717, 1.165) is 28.9 Å². The van der Waals surface area contributed by atoms with E-state index in [2.05, 4.69) is 43.5 Å². The van der Waals surface area contributed by atoms with E-state index < -0.39 is 0 Å². The van der Waals surface area contributed by atoms with Gasteiger partial charge in [-0.05, 0) is 34.5 Å². The molecule has 2 rings (SSSR count). The number of nitrogens with one attached hydrogen (secondary N) is 2. The average Bonchev–Trinajstić information content (AvgIpc) is 2.48. The van der Waals surface area contributed by atoms with Crippen molar-refractivity contribution in [3.8, 4) is 5.75 Å². The minimum atomic E-state index is 0.612. The van der Waals surface area contributed by atoms with E-state index in [0.29, 0.717) is 11.8 Å². The zero-order valence-corrected chi connectivity index (χ0v) is 13.1. The van der Waals surface area contributed by atoms with E-state index in [-0.39, 0.29) is 0 Å². The van der Waals surface area contributed by atoms with Crippen LogP contribution < -0.4 is 15.4 Å². The van der Waals surface area contributed by atoms with Gasteiger partial charge in [-0.2, -0.15) is 4.98 Å². The molecule has 106 valence electrons. The largest absolute Gasteiger partial charge is 0.497 e. The summed E-state index contributed by atoms with van der Waals surface area (Å²) < 4.78 is 6.01. The molecule has 1 aromatic heterocycles. The number of rotatable bonds is 6. The van der Waals surface area contributed by atoms with Crippen LogP contribution in [0.1, 0.15) is 13.3 Å². The zero-order valence-electron chi connectivity index (χ0n) is 11.5. The Hall–Kier alpha value is -1.82. The van der Waals surface area contributed by atoms with Crippen LogP contribution in [0.4, 0.5) is 17.5 Å². The van der Waals surface area contributed by atoms with Gasteiger partial charge < -0.3 is 15.4 Å². The maximum atomic E-state index is 5.20. The number of ether oxygens (including phenoxy) is 1. The lowest BCUT2D eigenvalue weighted by Gasteiger charge is -2.10. The van der Waals surface area contributed by atoms with E-state index in [1.807, 2.05) is 24.3 Å². The molecule has 0 amide bonds. The molecule has 20 heavy (non-hydrogen) atoms. The Labute approximate surface area is 126 Å².